The minimum Gasteiger partial charge on any atom is -0.481 e. The Hall–Kier alpha value is -0.610. The number of aliphatic hydroxyl groups is 1. The third-order valence-corrected chi connectivity index (χ3v) is 2.23. The molecule has 14 heavy (non-hydrogen) atoms. The number of nitrogens with zero attached hydrogens (tertiary/aromatic N) is 1. The quantitative estimate of drug-likeness (QED) is 0.694. The lowest BCUT2D eigenvalue weighted by Gasteiger charge is -2.36. The molecule has 0 aromatic carbocycles. The summed E-state index contributed by atoms with van der Waals surface area (Å²) in [6.45, 7) is 8.76. The van der Waals surface area contributed by atoms with Gasteiger partial charge in [-0.25, -0.2) is 0 Å². The molecule has 0 aromatic rings. The average molecular weight is 203 g/mol. The van der Waals surface area contributed by atoms with Gasteiger partial charge in [-0.15, -0.1) is 0 Å². The molecular weight excluding hydrogens is 182 g/mol. The highest BCUT2D eigenvalue weighted by molar-refractivity contribution is 5.69. The number of aliphatic hydroxyl groups excluding tert-OH is 1. The number of carbonyl (C=O) groups is 1. The minimum atomic E-state index is -0.794. The maximum Gasteiger partial charge on any atom is 0.307 e. The highest BCUT2D eigenvalue weighted by Crippen LogP contribution is 2.14. The van der Waals surface area contributed by atoms with Crippen molar-refractivity contribution in [1.82, 2.24) is 4.90 Å². The van der Waals surface area contributed by atoms with E-state index < -0.39 is 11.9 Å². The molecule has 0 aliphatic rings. The fourth-order valence-electron chi connectivity index (χ4n) is 1.23. The van der Waals surface area contributed by atoms with Gasteiger partial charge in [-0.1, -0.05) is 6.92 Å². The molecule has 0 aliphatic heterocycles. The summed E-state index contributed by atoms with van der Waals surface area (Å²) >= 11 is 0. The normalized spacial score (nSPS) is 14.4. The third kappa shape index (κ3) is 4.58. The standard InChI is InChI=1S/C10H21NO3/c1-8(9(13)14)7-11(5-6-12)10(2,3)4/h8,12H,5-7H2,1-4H3,(H,13,14). The number of rotatable bonds is 5. The molecule has 0 fully saturated rings. The Kier molecular flexibility index (Phi) is 5.08. The zero-order chi connectivity index (χ0) is 11.4. The summed E-state index contributed by atoms with van der Waals surface area (Å²) in [5.74, 6) is -1.20. The third-order valence-electron chi connectivity index (χ3n) is 2.23. The van der Waals surface area contributed by atoms with Gasteiger partial charge < -0.3 is 10.2 Å². The van der Waals surface area contributed by atoms with Crippen LogP contribution in [-0.2, 0) is 4.79 Å². The molecule has 0 spiro atoms. The van der Waals surface area contributed by atoms with E-state index in [-0.39, 0.29) is 12.1 Å². The van der Waals surface area contributed by atoms with Crippen molar-refractivity contribution in [3.63, 3.8) is 0 Å². The minimum absolute atomic E-state index is 0.0591. The van der Waals surface area contributed by atoms with Crippen LogP contribution >= 0.6 is 0 Å². The van der Waals surface area contributed by atoms with E-state index >= 15 is 0 Å². The topological polar surface area (TPSA) is 60.8 Å². The van der Waals surface area contributed by atoms with Gasteiger partial charge in [-0.3, -0.25) is 9.69 Å². The van der Waals surface area contributed by atoms with Crippen LogP contribution in [0.2, 0.25) is 0 Å². The molecule has 0 radical (unpaired) electrons. The summed E-state index contributed by atoms with van der Waals surface area (Å²) in [4.78, 5) is 12.7. The first-order valence-corrected chi connectivity index (χ1v) is 4.87. The molecule has 1 atom stereocenters. The molecule has 0 bridgehead atoms. The highest BCUT2D eigenvalue weighted by atomic mass is 16.4. The molecule has 0 saturated carbocycles. The Balaban J connectivity index is 4.30. The van der Waals surface area contributed by atoms with Crippen molar-refractivity contribution >= 4 is 5.97 Å². The molecule has 0 rings (SSSR count). The van der Waals surface area contributed by atoms with Crippen LogP contribution < -0.4 is 0 Å². The van der Waals surface area contributed by atoms with Crippen LogP contribution in [0.25, 0.3) is 0 Å². The SMILES string of the molecule is CC(CN(CCO)C(C)(C)C)C(=O)O. The summed E-state index contributed by atoms with van der Waals surface area (Å²) in [6.07, 6.45) is 0. The van der Waals surface area contributed by atoms with Gasteiger partial charge in [0.25, 0.3) is 0 Å². The van der Waals surface area contributed by atoms with Crippen molar-refractivity contribution in [3.05, 3.63) is 0 Å². The zero-order valence-corrected chi connectivity index (χ0v) is 9.45. The first-order valence-electron chi connectivity index (χ1n) is 4.87. The molecule has 4 nitrogen and oxygen atoms in total. The lowest BCUT2D eigenvalue weighted by molar-refractivity contribution is -0.142. The second-order valence-corrected chi connectivity index (χ2v) is 4.58. The van der Waals surface area contributed by atoms with E-state index in [1.807, 2.05) is 25.7 Å². The van der Waals surface area contributed by atoms with Gasteiger partial charge in [0.15, 0.2) is 0 Å². The molecular formula is C10H21NO3. The van der Waals surface area contributed by atoms with Gasteiger partial charge in [0, 0.05) is 18.6 Å². The smallest absolute Gasteiger partial charge is 0.307 e. The predicted molar refractivity (Wildman–Crippen MR) is 55.2 cm³/mol. The van der Waals surface area contributed by atoms with Crippen molar-refractivity contribution in [2.45, 2.75) is 33.2 Å². The van der Waals surface area contributed by atoms with Crippen LogP contribution in [0.3, 0.4) is 0 Å². The van der Waals surface area contributed by atoms with E-state index in [2.05, 4.69) is 0 Å². The van der Waals surface area contributed by atoms with Crippen molar-refractivity contribution in [2.24, 2.45) is 5.92 Å². The van der Waals surface area contributed by atoms with Gasteiger partial charge >= 0.3 is 5.97 Å². The summed E-state index contributed by atoms with van der Waals surface area (Å²) in [6, 6.07) is 0. The fraction of sp³-hybridized carbons (Fsp3) is 0.900. The fourth-order valence-corrected chi connectivity index (χ4v) is 1.23. The van der Waals surface area contributed by atoms with Gasteiger partial charge in [0.1, 0.15) is 0 Å². The number of hydrogen-bond donors (Lipinski definition) is 2. The van der Waals surface area contributed by atoms with Crippen LogP contribution in [0.15, 0.2) is 0 Å². The first kappa shape index (κ1) is 13.4. The maximum absolute atomic E-state index is 10.7. The van der Waals surface area contributed by atoms with Crippen LogP contribution in [0, 0.1) is 5.92 Å². The molecule has 4 heteroatoms. The van der Waals surface area contributed by atoms with Crippen molar-refractivity contribution < 1.29 is 15.0 Å². The Bertz CT molecular complexity index is 186. The second-order valence-electron chi connectivity index (χ2n) is 4.58. The first-order chi connectivity index (χ1) is 6.29. The molecule has 0 aliphatic carbocycles. The molecule has 0 amide bonds. The molecule has 2 N–H and O–H groups in total. The lowest BCUT2D eigenvalue weighted by atomic mass is 10.0. The molecule has 84 valence electrons. The monoisotopic (exact) mass is 203 g/mol. The van der Waals surface area contributed by atoms with Gasteiger partial charge in [-0.2, -0.15) is 0 Å². The number of β-amino-alcohol motifs (C(OH)–C–C–N with tert-alkyl or cyclic N) is 1. The van der Waals surface area contributed by atoms with E-state index in [1.54, 1.807) is 6.92 Å². The Morgan fingerprint density at radius 2 is 1.93 bits per heavy atom. The van der Waals surface area contributed by atoms with Gasteiger partial charge in [0.05, 0.1) is 12.5 Å². The van der Waals surface area contributed by atoms with Crippen LogP contribution in [0.1, 0.15) is 27.7 Å². The number of hydrogen-bond acceptors (Lipinski definition) is 3. The molecule has 0 aromatic heterocycles. The predicted octanol–water partition coefficient (Wildman–Crippen LogP) is 0.800. The largest absolute Gasteiger partial charge is 0.481 e. The lowest BCUT2D eigenvalue weighted by Crippen LogP contribution is -2.46. The van der Waals surface area contributed by atoms with Crippen molar-refractivity contribution in [3.8, 4) is 0 Å². The van der Waals surface area contributed by atoms with Crippen LogP contribution in [0.5, 0.6) is 0 Å². The number of aliphatic carboxylic acids is 1. The summed E-state index contributed by atoms with van der Waals surface area (Å²) in [7, 11) is 0. The van der Waals surface area contributed by atoms with Crippen molar-refractivity contribution in [1.29, 1.82) is 0 Å². The van der Waals surface area contributed by atoms with Gasteiger partial charge in [-0.05, 0) is 20.8 Å². The van der Waals surface area contributed by atoms with Gasteiger partial charge in [0.2, 0.25) is 0 Å². The molecule has 0 saturated heterocycles. The number of carboxylic acid groups (broad SMARTS) is 1. The molecule has 0 heterocycles. The van der Waals surface area contributed by atoms with E-state index in [0.717, 1.165) is 0 Å². The Labute approximate surface area is 85.5 Å². The van der Waals surface area contributed by atoms with E-state index in [4.69, 9.17) is 10.2 Å². The maximum atomic E-state index is 10.7. The van der Waals surface area contributed by atoms with E-state index in [0.29, 0.717) is 13.1 Å². The summed E-state index contributed by atoms with van der Waals surface area (Å²) in [5.41, 5.74) is -0.105. The number of carboxylic acids is 1. The van der Waals surface area contributed by atoms with Crippen LogP contribution in [-0.4, -0.2) is 46.3 Å². The van der Waals surface area contributed by atoms with Crippen molar-refractivity contribution in [2.75, 3.05) is 19.7 Å². The Morgan fingerprint density at radius 3 is 2.21 bits per heavy atom. The zero-order valence-electron chi connectivity index (χ0n) is 9.45. The molecule has 1 unspecified atom stereocenters. The van der Waals surface area contributed by atoms with E-state index in [1.165, 1.54) is 0 Å². The van der Waals surface area contributed by atoms with Crippen LogP contribution in [0.4, 0.5) is 0 Å². The summed E-state index contributed by atoms with van der Waals surface area (Å²) in [5, 5.41) is 17.6. The van der Waals surface area contributed by atoms with E-state index in [9.17, 15) is 4.79 Å². The summed E-state index contributed by atoms with van der Waals surface area (Å²) < 4.78 is 0. The highest BCUT2D eigenvalue weighted by Gasteiger charge is 2.24. The average Bonchev–Trinajstić information content (AvgIpc) is 2.01. The second kappa shape index (κ2) is 5.32. The Morgan fingerprint density at radius 1 is 1.43 bits per heavy atom.